The number of nitrogens with one attached hydrogen (secondary N) is 1. The first-order chi connectivity index (χ1) is 8.28. The Hall–Kier alpha value is -2.34. The molecule has 3 nitrogen and oxygen atoms in total. The quantitative estimate of drug-likeness (QED) is 0.814. The van der Waals surface area contributed by atoms with Gasteiger partial charge in [0.25, 0.3) is 0 Å². The standard InChI is InChI=1S/C14H13N3.CH4/c1-3-7-13-10-11(2)15-14(17-13)16-12-8-5-4-6-9-12;/h4-6,8-10H,1-2H3,(H,15,16,17);1H4. The minimum absolute atomic E-state index is 0. The summed E-state index contributed by atoms with van der Waals surface area (Å²) in [6.07, 6.45) is 0. The van der Waals surface area contributed by atoms with E-state index >= 15 is 0 Å². The Balaban J connectivity index is 0.00000162. The highest BCUT2D eigenvalue weighted by Gasteiger charge is 2.00. The maximum atomic E-state index is 4.32. The Bertz CT molecular complexity index is 565. The van der Waals surface area contributed by atoms with Gasteiger partial charge in [0, 0.05) is 11.4 Å². The van der Waals surface area contributed by atoms with Gasteiger partial charge in [0.1, 0.15) is 5.69 Å². The Morgan fingerprint density at radius 2 is 1.83 bits per heavy atom. The van der Waals surface area contributed by atoms with Crippen molar-refractivity contribution < 1.29 is 0 Å². The average Bonchev–Trinajstić information content (AvgIpc) is 2.30. The first-order valence-corrected chi connectivity index (χ1v) is 5.38. The Labute approximate surface area is 108 Å². The van der Waals surface area contributed by atoms with Gasteiger partial charge in [0.15, 0.2) is 0 Å². The Kier molecular flexibility index (Phi) is 4.89. The van der Waals surface area contributed by atoms with Gasteiger partial charge in [-0.2, -0.15) is 0 Å². The molecule has 0 saturated carbocycles. The topological polar surface area (TPSA) is 37.8 Å². The molecular formula is C15H17N3. The van der Waals surface area contributed by atoms with Crippen LogP contribution in [0.2, 0.25) is 0 Å². The summed E-state index contributed by atoms with van der Waals surface area (Å²) in [4.78, 5) is 8.64. The van der Waals surface area contributed by atoms with Crippen LogP contribution in [0.25, 0.3) is 0 Å². The van der Waals surface area contributed by atoms with Crippen LogP contribution in [-0.2, 0) is 0 Å². The van der Waals surface area contributed by atoms with Crippen molar-refractivity contribution in [2.45, 2.75) is 21.3 Å². The summed E-state index contributed by atoms with van der Waals surface area (Å²) in [5, 5.41) is 3.15. The second-order valence-corrected chi connectivity index (χ2v) is 3.58. The van der Waals surface area contributed by atoms with Crippen molar-refractivity contribution in [1.82, 2.24) is 9.97 Å². The molecule has 0 aliphatic heterocycles. The molecule has 0 aliphatic rings. The number of benzene rings is 1. The van der Waals surface area contributed by atoms with Gasteiger partial charge in [-0.05, 0) is 38.0 Å². The molecule has 0 saturated heterocycles. The minimum atomic E-state index is 0. The van der Waals surface area contributed by atoms with Gasteiger partial charge in [-0.25, -0.2) is 9.97 Å². The third-order valence-corrected chi connectivity index (χ3v) is 2.14. The fourth-order valence-electron chi connectivity index (χ4n) is 1.47. The van der Waals surface area contributed by atoms with E-state index in [1.807, 2.05) is 43.3 Å². The van der Waals surface area contributed by atoms with Gasteiger partial charge in [-0.15, -0.1) is 0 Å². The first-order valence-electron chi connectivity index (χ1n) is 5.38. The van der Waals surface area contributed by atoms with E-state index in [4.69, 9.17) is 0 Å². The molecule has 2 rings (SSSR count). The number of rotatable bonds is 2. The van der Waals surface area contributed by atoms with E-state index in [2.05, 4.69) is 27.1 Å². The summed E-state index contributed by atoms with van der Waals surface area (Å²) in [6, 6.07) is 11.7. The minimum Gasteiger partial charge on any atom is -0.324 e. The van der Waals surface area contributed by atoms with Crippen LogP contribution in [0.4, 0.5) is 11.6 Å². The highest BCUT2D eigenvalue weighted by molar-refractivity contribution is 5.53. The molecule has 2 aromatic rings. The second-order valence-electron chi connectivity index (χ2n) is 3.58. The van der Waals surface area contributed by atoms with E-state index in [1.54, 1.807) is 6.92 Å². The van der Waals surface area contributed by atoms with Crippen molar-refractivity contribution in [3.05, 3.63) is 47.8 Å². The predicted octanol–water partition coefficient (Wildman–Crippen LogP) is 3.54. The van der Waals surface area contributed by atoms with Crippen molar-refractivity contribution in [3.8, 4) is 11.8 Å². The summed E-state index contributed by atoms with van der Waals surface area (Å²) < 4.78 is 0. The molecule has 92 valence electrons. The number of para-hydroxylation sites is 1. The van der Waals surface area contributed by atoms with E-state index in [0.717, 1.165) is 17.1 Å². The van der Waals surface area contributed by atoms with E-state index in [9.17, 15) is 0 Å². The van der Waals surface area contributed by atoms with Crippen LogP contribution in [0.15, 0.2) is 36.4 Å². The fraction of sp³-hybridized carbons (Fsp3) is 0.200. The lowest BCUT2D eigenvalue weighted by molar-refractivity contribution is 1.09. The molecule has 1 N–H and O–H groups in total. The number of nitrogens with zero attached hydrogens (tertiary/aromatic N) is 2. The van der Waals surface area contributed by atoms with Gasteiger partial charge in [-0.1, -0.05) is 31.5 Å². The van der Waals surface area contributed by atoms with Crippen molar-refractivity contribution >= 4 is 11.6 Å². The van der Waals surface area contributed by atoms with E-state index in [0.29, 0.717) is 5.95 Å². The van der Waals surface area contributed by atoms with E-state index in [-0.39, 0.29) is 7.43 Å². The second kappa shape index (κ2) is 6.41. The van der Waals surface area contributed by atoms with Crippen LogP contribution >= 0.6 is 0 Å². The van der Waals surface area contributed by atoms with Crippen molar-refractivity contribution in [3.63, 3.8) is 0 Å². The van der Waals surface area contributed by atoms with Gasteiger partial charge in [-0.3, -0.25) is 0 Å². The van der Waals surface area contributed by atoms with Gasteiger partial charge in [0.05, 0.1) is 0 Å². The molecule has 0 radical (unpaired) electrons. The third-order valence-electron chi connectivity index (χ3n) is 2.14. The maximum Gasteiger partial charge on any atom is 0.228 e. The van der Waals surface area contributed by atoms with E-state index < -0.39 is 0 Å². The average molecular weight is 239 g/mol. The molecule has 1 aromatic carbocycles. The lowest BCUT2D eigenvalue weighted by Crippen LogP contribution is -2.00. The number of aryl methyl sites for hydroxylation is 1. The molecular weight excluding hydrogens is 222 g/mol. The predicted molar refractivity (Wildman–Crippen MR) is 75.8 cm³/mol. The molecule has 3 heteroatoms. The number of anilines is 2. The van der Waals surface area contributed by atoms with Crippen molar-refractivity contribution in [2.24, 2.45) is 0 Å². The van der Waals surface area contributed by atoms with Crippen LogP contribution in [0, 0.1) is 18.8 Å². The van der Waals surface area contributed by atoms with Crippen molar-refractivity contribution in [2.75, 3.05) is 5.32 Å². The smallest absolute Gasteiger partial charge is 0.228 e. The van der Waals surface area contributed by atoms with Crippen LogP contribution in [0.3, 0.4) is 0 Å². The lowest BCUT2D eigenvalue weighted by atomic mass is 10.3. The number of aromatic nitrogens is 2. The molecule has 1 aromatic heterocycles. The molecule has 0 atom stereocenters. The summed E-state index contributed by atoms with van der Waals surface area (Å²) in [5.74, 6) is 6.35. The van der Waals surface area contributed by atoms with Gasteiger partial charge >= 0.3 is 0 Å². The van der Waals surface area contributed by atoms with Crippen molar-refractivity contribution in [1.29, 1.82) is 0 Å². The maximum absolute atomic E-state index is 4.32. The highest BCUT2D eigenvalue weighted by atomic mass is 15.1. The Morgan fingerprint density at radius 1 is 1.11 bits per heavy atom. The molecule has 0 aliphatic carbocycles. The van der Waals surface area contributed by atoms with Gasteiger partial charge in [0.2, 0.25) is 5.95 Å². The first kappa shape index (κ1) is 13.7. The molecule has 0 amide bonds. The summed E-state index contributed by atoms with van der Waals surface area (Å²) in [6.45, 7) is 3.72. The van der Waals surface area contributed by atoms with Crippen LogP contribution < -0.4 is 5.32 Å². The molecule has 0 bridgehead atoms. The van der Waals surface area contributed by atoms with Crippen LogP contribution in [0.5, 0.6) is 0 Å². The number of hydrogen-bond acceptors (Lipinski definition) is 3. The monoisotopic (exact) mass is 239 g/mol. The molecule has 0 unspecified atom stereocenters. The normalized spacial score (nSPS) is 8.78. The third kappa shape index (κ3) is 3.60. The lowest BCUT2D eigenvalue weighted by Gasteiger charge is -2.05. The summed E-state index contributed by atoms with van der Waals surface area (Å²) in [5.41, 5.74) is 2.60. The molecule has 18 heavy (non-hydrogen) atoms. The largest absolute Gasteiger partial charge is 0.324 e. The fourth-order valence-corrected chi connectivity index (χ4v) is 1.47. The Morgan fingerprint density at radius 3 is 2.50 bits per heavy atom. The van der Waals surface area contributed by atoms with E-state index in [1.165, 1.54) is 0 Å². The van der Waals surface area contributed by atoms with Crippen LogP contribution in [-0.4, -0.2) is 9.97 Å². The zero-order chi connectivity index (χ0) is 12.1. The zero-order valence-corrected chi connectivity index (χ0v) is 9.86. The highest BCUT2D eigenvalue weighted by Crippen LogP contribution is 2.12. The SMILES string of the molecule is C.CC#Cc1cc(C)nc(Nc2ccccc2)n1. The number of hydrogen-bond donors (Lipinski definition) is 1. The summed E-state index contributed by atoms with van der Waals surface area (Å²) >= 11 is 0. The molecule has 1 heterocycles. The molecule has 0 fully saturated rings. The van der Waals surface area contributed by atoms with Crippen LogP contribution in [0.1, 0.15) is 25.7 Å². The van der Waals surface area contributed by atoms with Gasteiger partial charge < -0.3 is 5.32 Å². The summed E-state index contributed by atoms with van der Waals surface area (Å²) in [7, 11) is 0. The molecule has 0 spiro atoms. The zero-order valence-electron chi connectivity index (χ0n) is 9.86.